The van der Waals surface area contributed by atoms with Gasteiger partial charge in [-0.1, -0.05) is 38.1 Å². The van der Waals surface area contributed by atoms with Gasteiger partial charge in [0.2, 0.25) is 0 Å². The highest BCUT2D eigenvalue weighted by Gasteiger charge is 2.11. The van der Waals surface area contributed by atoms with Crippen molar-refractivity contribution in [1.29, 1.82) is 5.26 Å². The summed E-state index contributed by atoms with van der Waals surface area (Å²) in [5.41, 5.74) is 2.86. The van der Waals surface area contributed by atoms with Crippen molar-refractivity contribution in [2.24, 2.45) is 0 Å². The molecule has 0 saturated carbocycles. The first-order valence-electron chi connectivity index (χ1n) is 8.75. The fourth-order valence-corrected chi connectivity index (χ4v) is 2.39. The minimum absolute atomic E-state index is 0.00164. The number of ether oxygens (including phenoxy) is 1. The molecule has 138 valence electrons. The molecule has 5 nitrogen and oxygen atoms in total. The second-order valence-electron chi connectivity index (χ2n) is 6.24. The maximum Gasteiger partial charge on any atom is 0.338 e. The number of hydrogen-bond acceptors (Lipinski definition) is 4. The zero-order chi connectivity index (χ0) is 19.8. The molecule has 5 heteroatoms. The molecule has 0 bridgehead atoms. The Morgan fingerprint density at radius 3 is 2.26 bits per heavy atom. The molecular weight excluding hydrogens is 340 g/mol. The van der Waals surface area contributed by atoms with Crippen molar-refractivity contribution in [3.05, 3.63) is 70.8 Å². The van der Waals surface area contributed by atoms with Crippen LogP contribution in [0.15, 0.2) is 54.1 Å². The van der Waals surface area contributed by atoms with Gasteiger partial charge in [0.05, 0.1) is 12.2 Å². The van der Waals surface area contributed by atoms with Crippen LogP contribution >= 0.6 is 0 Å². The molecule has 1 N–H and O–H groups in total. The summed E-state index contributed by atoms with van der Waals surface area (Å²) in [5.74, 6) is -0.508. The zero-order valence-corrected chi connectivity index (χ0v) is 15.7. The lowest BCUT2D eigenvalue weighted by atomic mass is 10.0. The van der Waals surface area contributed by atoms with Gasteiger partial charge in [0, 0.05) is 5.69 Å². The van der Waals surface area contributed by atoms with Crippen LogP contribution < -0.4 is 5.32 Å². The summed E-state index contributed by atoms with van der Waals surface area (Å²) < 4.78 is 4.92. The van der Waals surface area contributed by atoms with Gasteiger partial charge in [-0.3, -0.25) is 4.79 Å². The number of esters is 1. The maximum absolute atomic E-state index is 12.4. The molecule has 0 aliphatic rings. The summed E-state index contributed by atoms with van der Waals surface area (Å²) in [6, 6.07) is 16.0. The molecule has 0 unspecified atom stereocenters. The summed E-state index contributed by atoms with van der Waals surface area (Å²) in [4.78, 5) is 24.0. The van der Waals surface area contributed by atoms with E-state index in [1.165, 1.54) is 5.56 Å². The number of hydrogen-bond donors (Lipinski definition) is 1. The van der Waals surface area contributed by atoms with Gasteiger partial charge in [-0.2, -0.15) is 5.26 Å². The minimum atomic E-state index is -0.505. The topological polar surface area (TPSA) is 79.2 Å². The van der Waals surface area contributed by atoms with Crippen LogP contribution in [0.5, 0.6) is 0 Å². The van der Waals surface area contributed by atoms with Gasteiger partial charge in [0.25, 0.3) is 5.91 Å². The average Bonchev–Trinajstić information content (AvgIpc) is 2.67. The Morgan fingerprint density at radius 1 is 1.11 bits per heavy atom. The molecule has 2 aromatic rings. The van der Waals surface area contributed by atoms with Gasteiger partial charge in [-0.25, -0.2) is 4.79 Å². The first kappa shape index (κ1) is 19.9. The third kappa shape index (κ3) is 5.55. The van der Waals surface area contributed by atoms with Crippen molar-refractivity contribution in [3.63, 3.8) is 0 Å². The van der Waals surface area contributed by atoms with Crippen LogP contribution in [0.3, 0.4) is 0 Å². The number of anilines is 1. The third-order valence-electron chi connectivity index (χ3n) is 3.93. The Bertz CT molecular complexity index is 873. The third-order valence-corrected chi connectivity index (χ3v) is 3.93. The molecule has 0 heterocycles. The molecule has 2 rings (SSSR count). The summed E-state index contributed by atoms with van der Waals surface area (Å²) in [6.45, 7) is 6.24. The Labute approximate surface area is 159 Å². The monoisotopic (exact) mass is 362 g/mol. The van der Waals surface area contributed by atoms with E-state index in [0.29, 0.717) is 23.8 Å². The van der Waals surface area contributed by atoms with E-state index in [0.717, 1.165) is 5.56 Å². The highest BCUT2D eigenvalue weighted by molar-refractivity contribution is 6.09. The minimum Gasteiger partial charge on any atom is -0.462 e. The second kappa shape index (κ2) is 9.35. The Morgan fingerprint density at radius 2 is 1.74 bits per heavy atom. The molecule has 0 fully saturated rings. The molecule has 0 aliphatic carbocycles. The van der Waals surface area contributed by atoms with Crippen molar-refractivity contribution in [3.8, 4) is 6.07 Å². The Hall–Kier alpha value is -3.39. The van der Waals surface area contributed by atoms with Crippen molar-refractivity contribution in [2.75, 3.05) is 11.9 Å². The zero-order valence-electron chi connectivity index (χ0n) is 15.7. The fourth-order valence-electron chi connectivity index (χ4n) is 2.39. The molecule has 0 atom stereocenters. The molecule has 0 aliphatic heterocycles. The predicted molar refractivity (Wildman–Crippen MR) is 105 cm³/mol. The number of nitrogens with zero attached hydrogens (tertiary/aromatic N) is 1. The van der Waals surface area contributed by atoms with E-state index >= 15 is 0 Å². The predicted octanol–water partition coefficient (Wildman–Crippen LogP) is 4.53. The van der Waals surface area contributed by atoms with Crippen LogP contribution in [0.4, 0.5) is 5.69 Å². The van der Waals surface area contributed by atoms with Gasteiger partial charge < -0.3 is 10.1 Å². The van der Waals surface area contributed by atoms with Crippen LogP contribution in [0.1, 0.15) is 48.2 Å². The van der Waals surface area contributed by atoms with E-state index in [4.69, 9.17) is 4.74 Å². The molecule has 0 radical (unpaired) electrons. The molecule has 0 aromatic heterocycles. The van der Waals surface area contributed by atoms with Gasteiger partial charge in [-0.05, 0) is 54.3 Å². The molecule has 27 heavy (non-hydrogen) atoms. The highest BCUT2D eigenvalue weighted by atomic mass is 16.5. The summed E-state index contributed by atoms with van der Waals surface area (Å²) in [6.07, 6.45) is 1.55. The van der Waals surface area contributed by atoms with Crippen molar-refractivity contribution < 1.29 is 14.3 Å². The smallest absolute Gasteiger partial charge is 0.338 e. The van der Waals surface area contributed by atoms with Crippen molar-refractivity contribution >= 4 is 23.6 Å². The molecule has 1 amide bonds. The van der Waals surface area contributed by atoms with Gasteiger partial charge in [-0.15, -0.1) is 0 Å². The van der Waals surface area contributed by atoms with Crippen LogP contribution in [0.2, 0.25) is 0 Å². The summed E-state index contributed by atoms with van der Waals surface area (Å²) in [5, 5.41) is 12.0. The lowest BCUT2D eigenvalue weighted by Gasteiger charge is -2.07. The van der Waals surface area contributed by atoms with Crippen LogP contribution in [-0.4, -0.2) is 18.5 Å². The first-order chi connectivity index (χ1) is 12.9. The number of carbonyl (C=O) groups is 2. The average molecular weight is 362 g/mol. The second-order valence-corrected chi connectivity index (χ2v) is 6.24. The highest BCUT2D eigenvalue weighted by Crippen LogP contribution is 2.17. The Balaban J connectivity index is 2.10. The van der Waals surface area contributed by atoms with Crippen molar-refractivity contribution in [1.82, 2.24) is 0 Å². The van der Waals surface area contributed by atoms with Crippen LogP contribution in [0, 0.1) is 11.3 Å². The van der Waals surface area contributed by atoms with E-state index in [9.17, 15) is 14.9 Å². The molecular formula is C22H22N2O3. The number of rotatable bonds is 6. The SMILES string of the molecule is CCOC(=O)c1ccc(NC(=O)C(C#N)=Cc2ccc(C(C)C)cc2)cc1. The first-order valence-corrected chi connectivity index (χ1v) is 8.75. The van der Waals surface area contributed by atoms with Gasteiger partial charge in [0.1, 0.15) is 11.6 Å². The van der Waals surface area contributed by atoms with Crippen molar-refractivity contribution in [2.45, 2.75) is 26.7 Å². The van der Waals surface area contributed by atoms with E-state index in [1.807, 2.05) is 30.3 Å². The largest absolute Gasteiger partial charge is 0.462 e. The lowest BCUT2D eigenvalue weighted by molar-refractivity contribution is -0.112. The van der Waals surface area contributed by atoms with E-state index < -0.39 is 11.9 Å². The van der Waals surface area contributed by atoms with E-state index in [1.54, 1.807) is 37.3 Å². The van der Waals surface area contributed by atoms with E-state index in [2.05, 4.69) is 19.2 Å². The van der Waals surface area contributed by atoms with Gasteiger partial charge >= 0.3 is 5.97 Å². The maximum atomic E-state index is 12.4. The quantitative estimate of drug-likeness (QED) is 0.465. The fraction of sp³-hybridized carbons (Fsp3) is 0.227. The standard InChI is InChI=1S/C22H22N2O3/c1-4-27-22(26)18-9-11-20(12-10-18)24-21(25)19(14-23)13-16-5-7-17(8-6-16)15(2)3/h5-13,15H,4H2,1-3H3,(H,24,25). The summed E-state index contributed by atoms with van der Waals surface area (Å²) in [7, 11) is 0. The lowest BCUT2D eigenvalue weighted by Crippen LogP contribution is -2.13. The molecule has 0 spiro atoms. The number of benzene rings is 2. The van der Waals surface area contributed by atoms with E-state index in [-0.39, 0.29) is 5.57 Å². The molecule has 2 aromatic carbocycles. The molecule has 0 saturated heterocycles. The number of nitriles is 1. The van der Waals surface area contributed by atoms with Crippen LogP contribution in [0.25, 0.3) is 6.08 Å². The number of carbonyl (C=O) groups excluding carboxylic acids is 2. The summed E-state index contributed by atoms with van der Waals surface area (Å²) >= 11 is 0. The normalized spacial score (nSPS) is 11.0. The number of nitrogens with one attached hydrogen (secondary N) is 1. The van der Waals surface area contributed by atoms with Crippen LogP contribution in [-0.2, 0) is 9.53 Å². The number of amides is 1. The van der Waals surface area contributed by atoms with Gasteiger partial charge in [0.15, 0.2) is 0 Å². The Kier molecular flexibility index (Phi) is 6.90.